The molecule has 4 amide bonds. The number of piperazine rings is 1. The van der Waals surface area contributed by atoms with Gasteiger partial charge in [0, 0.05) is 13.1 Å². The average molecular weight is 297 g/mol. The molecule has 8 nitrogen and oxygen atoms in total. The Hall–Kier alpha value is -2.12. The first-order valence-corrected chi connectivity index (χ1v) is 6.91. The van der Waals surface area contributed by atoms with Crippen LogP contribution in [0.3, 0.4) is 0 Å². The Morgan fingerprint density at radius 1 is 1.43 bits per heavy atom. The fourth-order valence-corrected chi connectivity index (χ4v) is 2.75. The van der Waals surface area contributed by atoms with Crippen molar-refractivity contribution in [2.45, 2.75) is 32.7 Å². The summed E-state index contributed by atoms with van der Waals surface area (Å²) in [6.07, 6.45) is 0.758. The predicted molar refractivity (Wildman–Crippen MR) is 71.3 cm³/mol. The predicted octanol–water partition coefficient (Wildman–Crippen LogP) is -0.360. The maximum absolute atomic E-state index is 12.5. The number of nitrogens with one attached hydrogen (secondary N) is 1. The van der Waals surface area contributed by atoms with Crippen LogP contribution in [0, 0.1) is 5.41 Å². The average Bonchev–Trinajstić information content (AvgIpc) is 2.81. The van der Waals surface area contributed by atoms with Crippen LogP contribution in [0.25, 0.3) is 0 Å². The standard InChI is InChI=1S/C13H19N3O5/c1-3-8-10(18)14-9(17)6-16(8)12(21)15-5-4-13(2,7-15)11(19)20/h8H,3-7H2,1-2H3,(H,19,20)(H,14,17,18). The third-order valence-corrected chi connectivity index (χ3v) is 4.15. The van der Waals surface area contributed by atoms with Gasteiger partial charge in [-0.1, -0.05) is 6.92 Å². The van der Waals surface area contributed by atoms with Crippen LogP contribution in [0.5, 0.6) is 0 Å². The van der Waals surface area contributed by atoms with Gasteiger partial charge in [-0.25, -0.2) is 4.79 Å². The van der Waals surface area contributed by atoms with Crippen molar-refractivity contribution in [3.05, 3.63) is 0 Å². The molecule has 2 heterocycles. The number of likely N-dealkylation sites (tertiary alicyclic amines) is 1. The molecule has 0 bridgehead atoms. The van der Waals surface area contributed by atoms with Gasteiger partial charge < -0.3 is 14.9 Å². The van der Waals surface area contributed by atoms with E-state index in [4.69, 9.17) is 0 Å². The number of aliphatic carboxylic acids is 1. The topological polar surface area (TPSA) is 107 Å². The molecule has 2 fully saturated rings. The maximum atomic E-state index is 12.5. The number of imide groups is 1. The second kappa shape index (κ2) is 5.34. The second-order valence-corrected chi connectivity index (χ2v) is 5.78. The number of carbonyl (C=O) groups excluding carboxylic acids is 3. The molecule has 0 saturated carbocycles. The van der Waals surface area contributed by atoms with E-state index in [0.717, 1.165) is 0 Å². The van der Waals surface area contributed by atoms with Crippen LogP contribution in [0.15, 0.2) is 0 Å². The molecular formula is C13H19N3O5. The molecule has 0 aromatic rings. The number of carboxylic acids is 1. The summed E-state index contributed by atoms with van der Waals surface area (Å²) >= 11 is 0. The van der Waals surface area contributed by atoms with Gasteiger partial charge in [-0.3, -0.25) is 19.7 Å². The molecule has 2 aliphatic rings. The van der Waals surface area contributed by atoms with Gasteiger partial charge in [-0.05, 0) is 19.8 Å². The summed E-state index contributed by atoms with van der Waals surface area (Å²) in [5, 5.41) is 11.4. The molecule has 0 aromatic heterocycles. The normalized spacial score (nSPS) is 29.5. The minimum Gasteiger partial charge on any atom is -0.481 e. The van der Waals surface area contributed by atoms with Crippen molar-refractivity contribution in [2.75, 3.05) is 19.6 Å². The fraction of sp³-hybridized carbons (Fsp3) is 0.692. The second-order valence-electron chi connectivity index (χ2n) is 5.78. The minimum absolute atomic E-state index is 0.0872. The summed E-state index contributed by atoms with van der Waals surface area (Å²) in [5.74, 6) is -1.95. The zero-order valence-corrected chi connectivity index (χ0v) is 12.1. The molecule has 2 aliphatic heterocycles. The molecule has 21 heavy (non-hydrogen) atoms. The number of hydrogen-bond donors (Lipinski definition) is 2. The summed E-state index contributed by atoms with van der Waals surface area (Å²) in [6, 6.07) is -1.14. The Morgan fingerprint density at radius 2 is 2.10 bits per heavy atom. The number of rotatable bonds is 2. The molecule has 0 spiro atoms. The summed E-state index contributed by atoms with van der Waals surface area (Å²) in [4.78, 5) is 49.6. The lowest BCUT2D eigenvalue weighted by Crippen LogP contribution is -2.61. The van der Waals surface area contributed by atoms with E-state index in [1.165, 1.54) is 9.80 Å². The largest absolute Gasteiger partial charge is 0.481 e. The van der Waals surface area contributed by atoms with Crippen LogP contribution in [0.4, 0.5) is 4.79 Å². The Labute approximate surface area is 122 Å². The highest BCUT2D eigenvalue weighted by molar-refractivity contribution is 6.04. The van der Waals surface area contributed by atoms with Gasteiger partial charge in [-0.2, -0.15) is 0 Å². The van der Waals surface area contributed by atoms with Gasteiger partial charge in [0.15, 0.2) is 0 Å². The van der Waals surface area contributed by atoms with Crippen molar-refractivity contribution in [2.24, 2.45) is 5.41 Å². The SMILES string of the molecule is CCC1C(=O)NC(=O)CN1C(=O)N1CCC(C)(C(=O)O)C1. The lowest BCUT2D eigenvalue weighted by molar-refractivity contribution is -0.147. The van der Waals surface area contributed by atoms with Crippen LogP contribution >= 0.6 is 0 Å². The molecule has 116 valence electrons. The molecule has 0 radical (unpaired) electrons. The van der Waals surface area contributed by atoms with Crippen molar-refractivity contribution in [1.29, 1.82) is 0 Å². The first kappa shape index (κ1) is 15.3. The van der Waals surface area contributed by atoms with Crippen molar-refractivity contribution in [1.82, 2.24) is 15.1 Å². The molecule has 8 heteroatoms. The Morgan fingerprint density at radius 3 is 2.62 bits per heavy atom. The van der Waals surface area contributed by atoms with E-state index in [2.05, 4.69) is 5.32 Å². The molecule has 2 N–H and O–H groups in total. The van der Waals surface area contributed by atoms with E-state index in [9.17, 15) is 24.3 Å². The maximum Gasteiger partial charge on any atom is 0.321 e. The summed E-state index contributed by atoms with van der Waals surface area (Å²) in [5.41, 5.74) is -0.973. The van der Waals surface area contributed by atoms with Gasteiger partial charge in [0.1, 0.15) is 12.6 Å². The third-order valence-electron chi connectivity index (χ3n) is 4.15. The molecule has 0 aliphatic carbocycles. The van der Waals surface area contributed by atoms with E-state index in [0.29, 0.717) is 19.4 Å². The quantitative estimate of drug-likeness (QED) is 0.677. The number of nitrogens with zero attached hydrogens (tertiary/aromatic N) is 2. The lowest BCUT2D eigenvalue weighted by atomic mass is 9.90. The Kier molecular flexibility index (Phi) is 3.89. The zero-order chi connectivity index (χ0) is 15.8. The number of hydrogen-bond acceptors (Lipinski definition) is 4. The van der Waals surface area contributed by atoms with E-state index >= 15 is 0 Å². The highest BCUT2D eigenvalue weighted by Crippen LogP contribution is 2.31. The highest BCUT2D eigenvalue weighted by atomic mass is 16.4. The molecular weight excluding hydrogens is 278 g/mol. The van der Waals surface area contributed by atoms with E-state index in [-0.39, 0.29) is 13.1 Å². The lowest BCUT2D eigenvalue weighted by Gasteiger charge is -2.36. The van der Waals surface area contributed by atoms with Gasteiger partial charge in [0.05, 0.1) is 5.41 Å². The molecule has 0 aromatic carbocycles. The van der Waals surface area contributed by atoms with Gasteiger partial charge in [0.2, 0.25) is 11.8 Å². The molecule has 2 atom stereocenters. The van der Waals surface area contributed by atoms with E-state index in [1.54, 1.807) is 13.8 Å². The van der Waals surface area contributed by atoms with Crippen molar-refractivity contribution < 1.29 is 24.3 Å². The summed E-state index contributed by atoms with van der Waals surface area (Å²) in [7, 11) is 0. The first-order valence-electron chi connectivity index (χ1n) is 6.91. The number of carboxylic acid groups (broad SMARTS) is 1. The third kappa shape index (κ3) is 2.70. The summed E-state index contributed by atoms with van der Waals surface area (Å²) in [6.45, 7) is 3.57. The molecule has 2 saturated heterocycles. The fourth-order valence-electron chi connectivity index (χ4n) is 2.75. The van der Waals surface area contributed by atoms with Crippen molar-refractivity contribution in [3.63, 3.8) is 0 Å². The Bertz CT molecular complexity index is 506. The van der Waals surface area contributed by atoms with Crippen LogP contribution < -0.4 is 5.32 Å². The number of carbonyl (C=O) groups is 4. The molecule has 2 unspecified atom stereocenters. The van der Waals surface area contributed by atoms with E-state index < -0.39 is 35.3 Å². The first-order chi connectivity index (χ1) is 9.78. The smallest absolute Gasteiger partial charge is 0.321 e. The van der Waals surface area contributed by atoms with E-state index in [1.807, 2.05) is 0 Å². The van der Waals surface area contributed by atoms with Crippen LogP contribution in [0.1, 0.15) is 26.7 Å². The van der Waals surface area contributed by atoms with Gasteiger partial charge >= 0.3 is 12.0 Å². The molecule has 2 rings (SSSR count). The van der Waals surface area contributed by atoms with Crippen molar-refractivity contribution in [3.8, 4) is 0 Å². The van der Waals surface area contributed by atoms with Crippen LogP contribution in [-0.4, -0.2) is 64.4 Å². The Balaban J connectivity index is 2.14. The van der Waals surface area contributed by atoms with Gasteiger partial charge in [-0.15, -0.1) is 0 Å². The van der Waals surface area contributed by atoms with Gasteiger partial charge in [0.25, 0.3) is 0 Å². The zero-order valence-electron chi connectivity index (χ0n) is 12.1. The number of urea groups is 1. The van der Waals surface area contributed by atoms with Crippen LogP contribution in [0.2, 0.25) is 0 Å². The minimum atomic E-state index is -0.973. The van der Waals surface area contributed by atoms with Crippen molar-refractivity contribution >= 4 is 23.8 Å². The highest BCUT2D eigenvalue weighted by Gasteiger charge is 2.45. The monoisotopic (exact) mass is 297 g/mol. The number of amides is 4. The summed E-state index contributed by atoms with van der Waals surface area (Å²) < 4.78 is 0. The van der Waals surface area contributed by atoms with Crippen LogP contribution in [-0.2, 0) is 14.4 Å².